The highest BCUT2D eigenvalue weighted by molar-refractivity contribution is 7.98. The van der Waals surface area contributed by atoms with Crippen LogP contribution in [0.2, 0.25) is 0 Å². The van der Waals surface area contributed by atoms with Gasteiger partial charge in [0.25, 0.3) is 0 Å². The second-order valence-corrected chi connectivity index (χ2v) is 6.08. The summed E-state index contributed by atoms with van der Waals surface area (Å²) >= 11 is 1.66. The molecule has 7 heteroatoms. The highest BCUT2D eigenvalue weighted by Crippen LogP contribution is 2.29. The van der Waals surface area contributed by atoms with E-state index in [1.54, 1.807) is 11.8 Å². The molecule has 122 valence electrons. The quantitative estimate of drug-likeness (QED) is 0.792. The fourth-order valence-corrected chi connectivity index (χ4v) is 2.76. The molecule has 0 saturated heterocycles. The van der Waals surface area contributed by atoms with Gasteiger partial charge in [-0.05, 0) is 42.5 Å². The first-order valence-electron chi connectivity index (χ1n) is 7.16. The molecule has 1 aliphatic rings. The van der Waals surface area contributed by atoms with Gasteiger partial charge in [-0.1, -0.05) is 0 Å². The van der Waals surface area contributed by atoms with Crippen molar-refractivity contribution in [2.75, 3.05) is 25.3 Å². The lowest BCUT2D eigenvalue weighted by Crippen LogP contribution is -2.41. The van der Waals surface area contributed by atoms with Gasteiger partial charge in [0, 0.05) is 12.1 Å². The number of halogens is 1. The number of ether oxygens (including phenoxy) is 2. The Hall–Kier alpha value is -1.31. The van der Waals surface area contributed by atoms with Crippen LogP contribution in [-0.2, 0) is 22.6 Å². The van der Waals surface area contributed by atoms with Gasteiger partial charge >= 0.3 is 0 Å². The zero-order valence-corrected chi connectivity index (χ0v) is 13.4. The number of hydrogen-bond donors (Lipinski definition) is 2. The molecule has 1 aliphatic heterocycles. The van der Waals surface area contributed by atoms with E-state index in [1.165, 1.54) is 12.1 Å². The predicted molar refractivity (Wildman–Crippen MR) is 84.4 cm³/mol. The molecule has 0 fully saturated rings. The van der Waals surface area contributed by atoms with Crippen LogP contribution in [0.15, 0.2) is 12.1 Å². The third kappa shape index (κ3) is 4.59. The van der Waals surface area contributed by atoms with Gasteiger partial charge in [0.05, 0.1) is 12.6 Å². The van der Waals surface area contributed by atoms with Crippen molar-refractivity contribution in [2.24, 2.45) is 5.73 Å². The van der Waals surface area contributed by atoms with Crippen molar-refractivity contribution < 1.29 is 18.7 Å². The van der Waals surface area contributed by atoms with Crippen molar-refractivity contribution in [1.82, 2.24) is 5.32 Å². The summed E-state index contributed by atoms with van der Waals surface area (Å²) in [6.45, 7) is 0.898. The standard InChI is InChI=1S/C15H21FN2O3S/c1-22-5-3-13(17)15(19)18-4-2-10-6-12(16)7-11-8-20-9-21-14(10)11/h6-7,13H,2-5,8-9,17H2,1H3,(H,18,19). The van der Waals surface area contributed by atoms with E-state index in [-0.39, 0.29) is 18.5 Å². The van der Waals surface area contributed by atoms with Crippen molar-refractivity contribution in [3.8, 4) is 5.75 Å². The molecule has 22 heavy (non-hydrogen) atoms. The normalized spacial score (nSPS) is 14.9. The number of amides is 1. The molecule has 0 radical (unpaired) electrons. The molecule has 5 nitrogen and oxygen atoms in total. The number of thioether (sulfide) groups is 1. The molecule has 1 aromatic carbocycles. The van der Waals surface area contributed by atoms with Gasteiger partial charge in [-0.3, -0.25) is 4.79 Å². The Morgan fingerprint density at radius 3 is 3.14 bits per heavy atom. The molecule has 2 rings (SSSR count). The number of carbonyl (C=O) groups excluding carboxylic acids is 1. The summed E-state index contributed by atoms with van der Waals surface area (Å²) in [7, 11) is 0. The van der Waals surface area contributed by atoms with E-state index in [1.807, 2.05) is 6.26 Å². The number of nitrogens with two attached hydrogens (primary N) is 1. The monoisotopic (exact) mass is 328 g/mol. The number of benzene rings is 1. The molecule has 1 atom stereocenters. The van der Waals surface area contributed by atoms with Crippen LogP contribution < -0.4 is 15.8 Å². The minimum absolute atomic E-state index is 0.164. The predicted octanol–water partition coefficient (Wildman–Crippen LogP) is 1.43. The first-order valence-corrected chi connectivity index (χ1v) is 8.55. The SMILES string of the molecule is CSCCC(N)C(=O)NCCc1cc(F)cc2c1OCOC2. The van der Waals surface area contributed by atoms with Crippen molar-refractivity contribution >= 4 is 17.7 Å². The zero-order valence-electron chi connectivity index (χ0n) is 12.6. The molecule has 1 heterocycles. The van der Waals surface area contributed by atoms with Crippen LogP contribution in [0.3, 0.4) is 0 Å². The molecule has 3 N–H and O–H groups in total. The smallest absolute Gasteiger partial charge is 0.236 e. The van der Waals surface area contributed by atoms with E-state index >= 15 is 0 Å². The Labute approximate surface area is 133 Å². The Balaban J connectivity index is 1.89. The van der Waals surface area contributed by atoms with Crippen LogP contribution in [0.5, 0.6) is 5.75 Å². The molecule has 0 bridgehead atoms. The average molecular weight is 328 g/mol. The minimum Gasteiger partial charge on any atom is -0.467 e. The van der Waals surface area contributed by atoms with Crippen LogP contribution in [0.1, 0.15) is 17.5 Å². The number of hydrogen-bond acceptors (Lipinski definition) is 5. The number of rotatable bonds is 7. The van der Waals surface area contributed by atoms with E-state index in [0.29, 0.717) is 37.3 Å². The lowest BCUT2D eigenvalue weighted by Gasteiger charge is -2.21. The number of nitrogens with one attached hydrogen (secondary N) is 1. The van der Waals surface area contributed by atoms with Crippen LogP contribution in [-0.4, -0.2) is 37.3 Å². The summed E-state index contributed by atoms with van der Waals surface area (Å²) in [5.41, 5.74) is 7.22. The lowest BCUT2D eigenvalue weighted by molar-refractivity contribution is -0.122. The Morgan fingerprint density at radius 2 is 2.36 bits per heavy atom. The number of fused-ring (bicyclic) bond motifs is 1. The maximum Gasteiger partial charge on any atom is 0.236 e. The van der Waals surface area contributed by atoms with E-state index in [4.69, 9.17) is 15.2 Å². The molecule has 0 aliphatic carbocycles. The van der Waals surface area contributed by atoms with E-state index in [9.17, 15) is 9.18 Å². The van der Waals surface area contributed by atoms with Crippen LogP contribution in [0, 0.1) is 5.82 Å². The zero-order chi connectivity index (χ0) is 15.9. The number of carbonyl (C=O) groups is 1. The summed E-state index contributed by atoms with van der Waals surface area (Å²) in [6, 6.07) is 2.34. The second kappa shape index (κ2) is 8.36. The van der Waals surface area contributed by atoms with Gasteiger partial charge in [0.2, 0.25) is 5.91 Å². The van der Waals surface area contributed by atoms with E-state index < -0.39 is 6.04 Å². The first-order chi connectivity index (χ1) is 10.6. The topological polar surface area (TPSA) is 73.6 Å². The molecule has 0 aromatic heterocycles. The largest absolute Gasteiger partial charge is 0.467 e. The highest BCUT2D eigenvalue weighted by Gasteiger charge is 2.17. The Morgan fingerprint density at radius 1 is 1.55 bits per heavy atom. The molecule has 0 spiro atoms. The Kier molecular flexibility index (Phi) is 6.48. The van der Waals surface area contributed by atoms with Crippen molar-refractivity contribution in [3.63, 3.8) is 0 Å². The van der Waals surface area contributed by atoms with Gasteiger partial charge in [0.15, 0.2) is 6.79 Å². The summed E-state index contributed by atoms with van der Waals surface area (Å²) < 4.78 is 24.2. The Bertz CT molecular complexity index is 528. The highest BCUT2D eigenvalue weighted by atomic mass is 32.2. The van der Waals surface area contributed by atoms with Crippen LogP contribution in [0.25, 0.3) is 0 Å². The molecule has 1 aromatic rings. The molecule has 0 saturated carbocycles. The first kappa shape index (κ1) is 17.1. The van der Waals surface area contributed by atoms with Gasteiger partial charge in [0.1, 0.15) is 11.6 Å². The minimum atomic E-state index is -0.501. The van der Waals surface area contributed by atoms with Crippen molar-refractivity contribution in [1.29, 1.82) is 0 Å². The summed E-state index contributed by atoms with van der Waals surface area (Å²) in [5, 5.41) is 2.78. The third-order valence-corrected chi connectivity index (χ3v) is 4.06. The molecule has 1 amide bonds. The van der Waals surface area contributed by atoms with Crippen molar-refractivity contribution in [2.45, 2.75) is 25.5 Å². The lowest BCUT2D eigenvalue weighted by atomic mass is 10.1. The van der Waals surface area contributed by atoms with Gasteiger partial charge in [-0.2, -0.15) is 11.8 Å². The molecular formula is C15H21FN2O3S. The fraction of sp³-hybridized carbons (Fsp3) is 0.533. The van der Waals surface area contributed by atoms with Crippen LogP contribution in [0.4, 0.5) is 4.39 Å². The molecular weight excluding hydrogens is 307 g/mol. The van der Waals surface area contributed by atoms with E-state index in [2.05, 4.69) is 5.32 Å². The summed E-state index contributed by atoms with van der Waals surface area (Å²) in [5.74, 6) is 1.00. The van der Waals surface area contributed by atoms with Gasteiger partial charge in [-0.25, -0.2) is 4.39 Å². The van der Waals surface area contributed by atoms with Gasteiger partial charge < -0.3 is 20.5 Å². The molecule has 1 unspecified atom stereocenters. The maximum absolute atomic E-state index is 13.6. The van der Waals surface area contributed by atoms with Crippen molar-refractivity contribution in [3.05, 3.63) is 29.1 Å². The summed E-state index contributed by atoms with van der Waals surface area (Å²) in [6.07, 6.45) is 3.10. The average Bonchev–Trinajstić information content (AvgIpc) is 2.52. The summed E-state index contributed by atoms with van der Waals surface area (Å²) in [4.78, 5) is 11.8. The van der Waals surface area contributed by atoms with Gasteiger partial charge in [-0.15, -0.1) is 0 Å². The van der Waals surface area contributed by atoms with Crippen LogP contribution >= 0.6 is 11.8 Å². The second-order valence-electron chi connectivity index (χ2n) is 5.09. The third-order valence-electron chi connectivity index (χ3n) is 3.42. The van der Waals surface area contributed by atoms with E-state index in [0.717, 1.165) is 11.3 Å². The maximum atomic E-state index is 13.6. The fourth-order valence-electron chi connectivity index (χ4n) is 2.27.